The molecule has 1 heterocycles. The molecule has 0 spiro atoms. The summed E-state index contributed by atoms with van der Waals surface area (Å²) in [5.74, 6) is 0. The highest BCUT2D eigenvalue weighted by atomic mass is 16.3. The van der Waals surface area contributed by atoms with E-state index in [4.69, 9.17) is 0 Å². The van der Waals surface area contributed by atoms with Gasteiger partial charge in [-0.3, -0.25) is 0 Å². The molecule has 0 aromatic rings. The van der Waals surface area contributed by atoms with Crippen molar-refractivity contribution in [2.75, 3.05) is 7.05 Å². The number of aliphatic hydroxyl groups excluding tert-OH is 2. The Labute approximate surface area is 65.8 Å². The van der Waals surface area contributed by atoms with Crippen molar-refractivity contribution < 1.29 is 10.2 Å². The number of hydrogen-bond acceptors (Lipinski definition) is 4. The molecule has 0 aromatic carbocycles. The SMILES string of the molecule is CN1NC2CC1C(O)CC2O. The molecule has 11 heavy (non-hydrogen) atoms. The fourth-order valence-electron chi connectivity index (χ4n) is 2.06. The summed E-state index contributed by atoms with van der Waals surface area (Å²) in [6.07, 6.45) is 0.610. The maximum absolute atomic E-state index is 9.49. The molecule has 4 heteroatoms. The van der Waals surface area contributed by atoms with E-state index in [2.05, 4.69) is 5.43 Å². The number of rotatable bonds is 0. The van der Waals surface area contributed by atoms with Crippen molar-refractivity contribution in [2.45, 2.75) is 37.1 Å². The van der Waals surface area contributed by atoms with Gasteiger partial charge >= 0.3 is 0 Å². The van der Waals surface area contributed by atoms with Crippen molar-refractivity contribution in [3.05, 3.63) is 0 Å². The van der Waals surface area contributed by atoms with Crippen LogP contribution in [0.15, 0.2) is 0 Å². The predicted octanol–water partition coefficient (Wildman–Crippen LogP) is -1.31. The Hall–Kier alpha value is -0.160. The zero-order chi connectivity index (χ0) is 8.01. The van der Waals surface area contributed by atoms with Crippen LogP contribution < -0.4 is 5.43 Å². The molecule has 1 aliphatic carbocycles. The second-order valence-electron chi connectivity index (χ2n) is 3.52. The first kappa shape index (κ1) is 7.49. The minimum Gasteiger partial charge on any atom is -0.391 e. The van der Waals surface area contributed by atoms with Gasteiger partial charge in [0, 0.05) is 19.5 Å². The summed E-state index contributed by atoms with van der Waals surface area (Å²) in [5, 5.41) is 20.8. The maximum atomic E-state index is 9.49. The highest BCUT2D eigenvalue weighted by Gasteiger charge is 2.43. The summed E-state index contributed by atoms with van der Waals surface area (Å²) >= 11 is 0. The summed E-state index contributed by atoms with van der Waals surface area (Å²) < 4.78 is 0. The van der Waals surface area contributed by atoms with Crippen LogP contribution in [-0.2, 0) is 0 Å². The molecule has 4 atom stereocenters. The lowest BCUT2D eigenvalue weighted by atomic mass is 9.89. The maximum Gasteiger partial charge on any atom is 0.0735 e. The molecule has 1 aliphatic heterocycles. The van der Waals surface area contributed by atoms with Crippen molar-refractivity contribution >= 4 is 0 Å². The van der Waals surface area contributed by atoms with Crippen molar-refractivity contribution in [1.29, 1.82) is 0 Å². The van der Waals surface area contributed by atoms with E-state index in [-0.39, 0.29) is 24.3 Å². The molecular formula is C7H14N2O2. The van der Waals surface area contributed by atoms with Gasteiger partial charge in [0.15, 0.2) is 0 Å². The molecule has 64 valence electrons. The second kappa shape index (κ2) is 2.42. The van der Waals surface area contributed by atoms with Crippen molar-refractivity contribution in [2.24, 2.45) is 0 Å². The number of aliphatic hydroxyl groups is 2. The zero-order valence-corrected chi connectivity index (χ0v) is 6.57. The van der Waals surface area contributed by atoms with Crippen molar-refractivity contribution in [1.82, 2.24) is 10.4 Å². The summed E-state index contributed by atoms with van der Waals surface area (Å²) in [7, 11) is 1.91. The van der Waals surface area contributed by atoms with Crippen LogP contribution in [0, 0.1) is 0 Å². The molecule has 4 unspecified atom stereocenters. The molecule has 2 fully saturated rings. The van der Waals surface area contributed by atoms with Gasteiger partial charge in [-0.15, -0.1) is 0 Å². The molecule has 0 amide bonds. The Morgan fingerprint density at radius 3 is 2.73 bits per heavy atom. The second-order valence-corrected chi connectivity index (χ2v) is 3.52. The largest absolute Gasteiger partial charge is 0.391 e. The van der Waals surface area contributed by atoms with Crippen LogP contribution >= 0.6 is 0 Å². The van der Waals surface area contributed by atoms with Gasteiger partial charge in [-0.25, -0.2) is 10.4 Å². The highest BCUT2D eigenvalue weighted by Crippen LogP contribution is 2.27. The van der Waals surface area contributed by atoms with Crippen molar-refractivity contribution in [3.63, 3.8) is 0 Å². The molecular weight excluding hydrogens is 144 g/mol. The van der Waals surface area contributed by atoms with Gasteiger partial charge in [-0.1, -0.05) is 0 Å². The van der Waals surface area contributed by atoms with Crippen LogP contribution in [0.1, 0.15) is 12.8 Å². The smallest absolute Gasteiger partial charge is 0.0735 e. The van der Waals surface area contributed by atoms with Gasteiger partial charge in [0.1, 0.15) is 0 Å². The lowest BCUT2D eigenvalue weighted by molar-refractivity contribution is 0.0187. The monoisotopic (exact) mass is 158 g/mol. The predicted molar refractivity (Wildman–Crippen MR) is 39.7 cm³/mol. The lowest BCUT2D eigenvalue weighted by Crippen LogP contribution is -2.41. The molecule has 1 saturated carbocycles. The van der Waals surface area contributed by atoms with Crippen LogP contribution in [0.3, 0.4) is 0 Å². The molecule has 2 bridgehead atoms. The van der Waals surface area contributed by atoms with Gasteiger partial charge < -0.3 is 10.2 Å². The topological polar surface area (TPSA) is 55.7 Å². The summed E-state index contributed by atoms with van der Waals surface area (Å²) in [6.45, 7) is 0. The molecule has 4 nitrogen and oxygen atoms in total. The van der Waals surface area contributed by atoms with Crippen LogP contribution in [0.25, 0.3) is 0 Å². The van der Waals surface area contributed by atoms with Crippen LogP contribution in [0.2, 0.25) is 0 Å². The summed E-state index contributed by atoms with van der Waals surface area (Å²) in [4.78, 5) is 0. The Bertz CT molecular complexity index is 163. The fraction of sp³-hybridized carbons (Fsp3) is 1.00. The third kappa shape index (κ3) is 1.06. The van der Waals surface area contributed by atoms with Crippen LogP contribution in [-0.4, -0.2) is 46.6 Å². The number of fused-ring (bicyclic) bond motifs is 2. The van der Waals surface area contributed by atoms with Crippen molar-refractivity contribution in [3.8, 4) is 0 Å². The standard InChI is InChI=1S/C7H14N2O2/c1-9-5-2-4(8-9)6(10)3-7(5)11/h4-8,10-11H,2-3H2,1H3. The van der Waals surface area contributed by atoms with E-state index in [0.717, 1.165) is 6.42 Å². The normalized spacial score (nSPS) is 51.5. The number of hydrazine groups is 1. The average molecular weight is 158 g/mol. The third-order valence-electron chi connectivity index (χ3n) is 2.75. The lowest BCUT2D eigenvalue weighted by Gasteiger charge is -2.28. The highest BCUT2D eigenvalue weighted by molar-refractivity contribution is 4.97. The first-order chi connectivity index (χ1) is 5.18. The third-order valence-corrected chi connectivity index (χ3v) is 2.75. The van der Waals surface area contributed by atoms with Gasteiger partial charge in [-0.2, -0.15) is 0 Å². The summed E-state index contributed by atoms with van der Waals surface area (Å²) in [6, 6.07) is 0.358. The zero-order valence-electron chi connectivity index (χ0n) is 6.57. The first-order valence-electron chi connectivity index (χ1n) is 4.03. The van der Waals surface area contributed by atoms with Crippen LogP contribution in [0.5, 0.6) is 0 Å². The van der Waals surface area contributed by atoms with E-state index in [1.54, 1.807) is 0 Å². The van der Waals surface area contributed by atoms with E-state index in [0.29, 0.717) is 6.42 Å². The number of likely N-dealkylation sites (N-methyl/N-ethyl adjacent to an activating group) is 1. The average Bonchev–Trinajstić information content (AvgIpc) is 2.26. The minimum atomic E-state index is -0.383. The van der Waals surface area contributed by atoms with E-state index in [1.165, 1.54) is 0 Å². The quantitative estimate of drug-likeness (QED) is 0.410. The summed E-state index contributed by atoms with van der Waals surface area (Å²) in [5.41, 5.74) is 3.12. The van der Waals surface area contributed by atoms with Gasteiger partial charge in [-0.05, 0) is 6.42 Å². The Morgan fingerprint density at radius 2 is 2.00 bits per heavy atom. The number of hydrogen-bond donors (Lipinski definition) is 3. The van der Waals surface area contributed by atoms with E-state index in [1.807, 2.05) is 12.1 Å². The first-order valence-corrected chi connectivity index (χ1v) is 4.03. The number of nitrogens with zero attached hydrogens (tertiary/aromatic N) is 1. The van der Waals surface area contributed by atoms with Gasteiger partial charge in [0.25, 0.3) is 0 Å². The van der Waals surface area contributed by atoms with E-state index in [9.17, 15) is 10.2 Å². The Balaban J connectivity index is 2.13. The van der Waals surface area contributed by atoms with Gasteiger partial charge in [0.05, 0.1) is 18.2 Å². The molecule has 3 N–H and O–H groups in total. The fourth-order valence-corrected chi connectivity index (χ4v) is 2.06. The molecule has 1 saturated heterocycles. The molecule has 2 aliphatic rings. The molecule has 0 radical (unpaired) electrons. The molecule has 2 rings (SSSR count). The van der Waals surface area contributed by atoms with Crippen LogP contribution in [0.4, 0.5) is 0 Å². The minimum absolute atomic E-state index is 0.161. The van der Waals surface area contributed by atoms with E-state index < -0.39 is 0 Å². The Kier molecular flexibility index (Phi) is 1.64. The van der Waals surface area contributed by atoms with Gasteiger partial charge in [0.2, 0.25) is 0 Å². The van der Waals surface area contributed by atoms with E-state index >= 15 is 0 Å². The molecule has 0 aromatic heterocycles. The Morgan fingerprint density at radius 1 is 1.27 bits per heavy atom. The number of nitrogens with one attached hydrogen (secondary N) is 1.